The molecule has 0 radical (unpaired) electrons. The number of pyridine rings is 1. The largest absolute Gasteiger partial charge is 0.508 e. The number of hydrogen-bond acceptors (Lipinski definition) is 21. The van der Waals surface area contributed by atoms with Crippen LogP contribution in [0.5, 0.6) is 17.2 Å². The first kappa shape index (κ1) is 78.6. The minimum absolute atomic E-state index is 0.0586. The molecule has 0 spiro atoms. The Morgan fingerprint density at radius 2 is 0.967 bits per heavy atom. The molecule has 5 rings (SSSR count). The van der Waals surface area contributed by atoms with Crippen LogP contribution in [0, 0.1) is 45.6 Å². The predicted octanol–water partition coefficient (Wildman–Crippen LogP) is 11.1. The Kier molecular flexibility index (Phi) is 34.6. The van der Waals surface area contributed by atoms with E-state index in [1.54, 1.807) is 123 Å². The molecular formula is C65H93N5O18S2. The lowest BCUT2D eigenvalue weighted by Gasteiger charge is -2.24. The highest BCUT2D eigenvalue weighted by atomic mass is 33.1. The summed E-state index contributed by atoms with van der Waals surface area (Å²) in [6.45, 7) is 23.0. The Hall–Kier alpha value is -7.48. The summed E-state index contributed by atoms with van der Waals surface area (Å²) in [5.74, 6) is 0.691. The van der Waals surface area contributed by atoms with Gasteiger partial charge >= 0.3 is 35.5 Å². The molecule has 3 aromatic carbocycles. The molecule has 1 aliphatic heterocycles. The molecule has 0 unspecified atom stereocenters. The van der Waals surface area contributed by atoms with Crippen LogP contribution in [0.1, 0.15) is 151 Å². The SMILES string of the molecule is C1CCOC1.C[C@@H](C[C@@H](CC(=O)OC(C)(C)C)Cc1ccc(O)cc1)C(=O)NCC(=O)OSSc1ncccc1[N+](=O)[O-].C[C@@H](C[C@@H](CC(=O)OC(C)(C)C)Cc1ccc(O)cc1)C(=O)NN.C[C@@H](C[C@@H](CC(=O)OC(C)(C)C)Cc1ccc(O)cc1)C(=O)O. The van der Waals surface area contributed by atoms with Crippen LogP contribution in [0.3, 0.4) is 0 Å². The number of carbonyl (C=O) groups excluding carboxylic acids is 6. The lowest BCUT2D eigenvalue weighted by Crippen LogP contribution is -2.36. The van der Waals surface area contributed by atoms with E-state index in [4.69, 9.17) is 34.1 Å². The van der Waals surface area contributed by atoms with Gasteiger partial charge in [0.05, 0.1) is 10.8 Å². The predicted molar refractivity (Wildman–Crippen MR) is 342 cm³/mol. The number of aromatic hydroxyl groups is 3. The standard InChI is InChI=1S/C25H31N3O8S2.C18H28N2O4.C18H26O5.C4H8O/c1-16(12-18(14-21(30)35-25(2,3)4)13-17-7-9-19(29)10-8-17)23(32)27-15-22(31)36-38-37-24-20(28(33)34)6-5-11-26-24;1-12(17(23)20-19)9-14(11-16(22)24-18(2,3)4)10-13-5-7-15(21)8-6-13;1-12(17(21)22)9-14(11-16(20)23-18(2,3)4)10-13-5-7-15(19)8-6-13;1-2-4-5-3-1/h5-11,16,18,29H,12-15H2,1-4H3,(H,27,32);5-8,12,14,21H,9-11,19H2,1-4H3,(H,20,23);5-8,12,14,19H,9-11H2,1-4H3,(H,21,22);1-4H2/t16-,18+;2*12-,14+;/m000./s1. The first-order chi connectivity index (χ1) is 42.0. The number of carboxylic acid groups (broad SMARTS) is 1. The van der Waals surface area contributed by atoms with Gasteiger partial charge in [-0.1, -0.05) is 57.2 Å². The molecule has 2 amide bonds. The molecule has 1 saturated heterocycles. The number of amides is 2. The van der Waals surface area contributed by atoms with E-state index in [0.717, 1.165) is 40.7 Å². The van der Waals surface area contributed by atoms with Crippen molar-refractivity contribution in [2.24, 2.45) is 41.4 Å². The van der Waals surface area contributed by atoms with E-state index in [1.165, 1.54) is 31.2 Å². The van der Waals surface area contributed by atoms with Crippen molar-refractivity contribution in [1.82, 2.24) is 15.7 Å². The fourth-order valence-electron chi connectivity index (χ4n) is 8.97. The number of phenolic OH excluding ortho intramolecular Hbond substituents is 3. The number of rotatable bonds is 27. The second kappa shape index (κ2) is 39.6. The molecule has 1 aliphatic rings. The van der Waals surface area contributed by atoms with Crippen molar-refractivity contribution in [3.05, 3.63) is 118 Å². The smallest absolute Gasteiger partial charge is 0.338 e. The zero-order valence-electron chi connectivity index (χ0n) is 53.8. The molecule has 2 heterocycles. The van der Waals surface area contributed by atoms with Crippen molar-refractivity contribution in [2.75, 3.05) is 19.8 Å². The minimum atomic E-state index is -0.870. The number of nitrogens with zero attached hydrogens (tertiary/aromatic N) is 2. The van der Waals surface area contributed by atoms with Crippen molar-refractivity contribution in [1.29, 1.82) is 0 Å². The highest BCUT2D eigenvalue weighted by Gasteiger charge is 2.28. The number of nitrogens with two attached hydrogens (primary N) is 1. The Bertz CT molecular complexity index is 2860. The van der Waals surface area contributed by atoms with Crippen LogP contribution in [0.15, 0.2) is 96.2 Å². The third-order valence-electron chi connectivity index (χ3n) is 12.9. The summed E-state index contributed by atoms with van der Waals surface area (Å²) in [4.78, 5) is 98.5. The van der Waals surface area contributed by atoms with Crippen molar-refractivity contribution < 1.29 is 82.0 Å². The summed E-state index contributed by atoms with van der Waals surface area (Å²) in [6, 6.07) is 22.9. The van der Waals surface area contributed by atoms with Gasteiger partial charge in [0, 0.05) is 67.4 Å². The van der Waals surface area contributed by atoms with Gasteiger partial charge in [-0.05, 0) is 191 Å². The molecule has 1 fully saturated rings. The number of esters is 3. The van der Waals surface area contributed by atoms with E-state index in [-0.39, 0.29) is 101 Å². The van der Waals surface area contributed by atoms with E-state index in [0.29, 0.717) is 49.6 Å². The Morgan fingerprint density at radius 1 is 0.600 bits per heavy atom. The number of carbonyl (C=O) groups is 7. The van der Waals surface area contributed by atoms with E-state index in [2.05, 4.69) is 15.7 Å². The average Bonchev–Trinajstić information content (AvgIpc) is 2.75. The van der Waals surface area contributed by atoms with Gasteiger partial charge in [0.15, 0.2) is 5.03 Å². The second-order valence-corrected chi connectivity index (χ2v) is 26.8. The van der Waals surface area contributed by atoms with Gasteiger partial charge < -0.3 is 48.9 Å². The van der Waals surface area contributed by atoms with Gasteiger partial charge in [-0.15, -0.1) is 0 Å². The molecule has 23 nitrogen and oxygen atoms in total. The molecule has 25 heteroatoms. The summed E-state index contributed by atoms with van der Waals surface area (Å²) in [7, 11) is 0.812. The third-order valence-corrected chi connectivity index (χ3v) is 14.6. The maximum atomic E-state index is 12.6. The molecule has 8 N–H and O–H groups in total. The molecular weight excluding hydrogens is 1200 g/mol. The van der Waals surface area contributed by atoms with Crippen LogP contribution in [0.25, 0.3) is 0 Å². The summed E-state index contributed by atoms with van der Waals surface area (Å²) in [6.07, 6.45) is 7.39. The van der Waals surface area contributed by atoms with Crippen molar-refractivity contribution in [3.63, 3.8) is 0 Å². The van der Waals surface area contributed by atoms with E-state index >= 15 is 0 Å². The summed E-state index contributed by atoms with van der Waals surface area (Å²) in [5, 5.41) is 51.0. The first-order valence-corrected chi connectivity index (χ1v) is 31.8. The summed E-state index contributed by atoms with van der Waals surface area (Å²) >= 11 is 0.610. The molecule has 498 valence electrons. The molecule has 90 heavy (non-hydrogen) atoms. The van der Waals surface area contributed by atoms with Crippen LogP contribution in [-0.2, 0) is 76.0 Å². The molecule has 0 bridgehead atoms. The van der Waals surface area contributed by atoms with Crippen LogP contribution in [-0.4, -0.2) is 109 Å². The molecule has 0 aliphatic carbocycles. The van der Waals surface area contributed by atoms with Crippen LogP contribution < -0.4 is 16.6 Å². The van der Waals surface area contributed by atoms with Gasteiger partial charge in [0.2, 0.25) is 11.8 Å². The number of nitrogens with one attached hydrogen (secondary N) is 2. The number of ether oxygens (including phenoxy) is 4. The highest BCUT2D eigenvalue weighted by molar-refractivity contribution is 8.75. The van der Waals surface area contributed by atoms with Gasteiger partial charge in [0.25, 0.3) is 0 Å². The maximum absolute atomic E-state index is 12.6. The quantitative estimate of drug-likeness (QED) is 0.00426. The fourth-order valence-corrected chi connectivity index (χ4v) is 10.4. The number of aliphatic carboxylic acids is 1. The fraction of sp³-hybridized carbons (Fsp3) is 0.538. The third kappa shape index (κ3) is 36.2. The first-order valence-electron chi connectivity index (χ1n) is 29.7. The molecule has 1 aromatic heterocycles. The zero-order valence-corrected chi connectivity index (χ0v) is 55.4. The number of carboxylic acids is 1. The topological polar surface area (TPSA) is 353 Å². The maximum Gasteiger partial charge on any atom is 0.338 e. The summed E-state index contributed by atoms with van der Waals surface area (Å²) < 4.78 is 26.1. The average molecular weight is 1300 g/mol. The molecule has 4 aromatic rings. The monoisotopic (exact) mass is 1300 g/mol. The Labute approximate surface area is 536 Å². The Balaban J connectivity index is 0.000000460. The van der Waals surface area contributed by atoms with E-state index in [9.17, 15) is 59.0 Å². The van der Waals surface area contributed by atoms with Gasteiger partial charge in [0.1, 0.15) is 51.7 Å². The second-order valence-electron chi connectivity index (χ2n) is 25.1. The van der Waals surface area contributed by atoms with Gasteiger partial charge in [-0.2, -0.15) is 0 Å². The summed E-state index contributed by atoms with van der Waals surface area (Å²) in [5.41, 5.74) is 3.04. The van der Waals surface area contributed by atoms with Crippen LogP contribution >= 0.6 is 21.9 Å². The minimum Gasteiger partial charge on any atom is -0.508 e. The zero-order chi connectivity index (χ0) is 67.8. The van der Waals surface area contributed by atoms with E-state index in [1.807, 2.05) is 32.9 Å². The molecule has 6 atom stereocenters. The number of phenols is 3. The number of hydrogen-bond donors (Lipinski definition) is 7. The van der Waals surface area contributed by atoms with Crippen LogP contribution in [0.2, 0.25) is 0 Å². The number of benzene rings is 3. The van der Waals surface area contributed by atoms with Crippen LogP contribution in [0.4, 0.5) is 5.69 Å². The normalized spacial score (nSPS) is 14.0. The number of aromatic nitrogens is 1. The van der Waals surface area contributed by atoms with Crippen molar-refractivity contribution >= 4 is 69.2 Å². The lowest BCUT2D eigenvalue weighted by molar-refractivity contribution is -0.388. The Morgan fingerprint density at radius 3 is 1.29 bits per heavy atom. The van der Waals surface area contributed by atoms with Crippen molar-refractivity contribution in [3.8, 4) is 17.2 Å². The molecule has 0 saturated carbocycles. The van der Waals surface area contributed by atoms with Crippen molar-refractivity contribution in [2.45, 2.75) is 176 Å². The lowest BCUT2D eigenvalue weighted by atomic mass is 9.87. The van der Waals surface area contributed by atoms with Gasteiger partial charge in [-0.25, -0.2) is 15.6 Å². The highest BCUT2D eigenvalue weighted by Crippen LogP contribution is 2.36. The van der Waals surface area contributed by atoms with E-state index < -0.39 is 52.0 Å². The number of nitro groups is 1. The number of hydrazine groups is 1. The van der Waals surface area contributed by atoms with Gasteiger partial charge in [-0.3, -0.25) is 44.3 Å².